The van der Waals surface area contributed by atoms with Crippen molar-refractivity contribution in [2.24, 2.45) is 0 Å². The Labute approximate surface area is 139 Å². The van der Waals surface area contributed by atoms with Gasteiger partial charge in [0.2, 0.25) is 11.8 Å². The maximum absolute atomic E-state index is 12.2. The lowest BCUT2D eigenvalue weighted by Gasteiger charge is -2.28. The number of rotatable bonds is 4. The Morgan fingerprint density at radius 1 is 1.45 bits per heavy atom. The molecule has 0 aliphatic carbocycles. The van der Waals surface area contributed by atoms with Gasteiger partial charge in [-0.3, -0.25) is 9.59 Å². The van der Waals surface area contributed by atoms with Crippen molar-refractivity contribution in [3.05, 3.63) is 53.0 Å². The average molecular weight is 363 g/mol. The number of hydrogen-bond acceptors (Lipinski definition) is 2. The molecule has 0 radical (unpaired) electrons. The van der Waals surface area contributed by atoms with Gasteiger partial charge in [-0.15, -0.1) is 0 Å². The van der Waals surface area contributed by atoms with E-state index in [2.05, 4.69) is 40.7 Å². The van der Waals surface area contributed by atoms with Crippen molar-refractivity contribution in [3.63, 3.8) is 0 Å². The molecule has 5 heteroatoms. The third-order valence-corrected chi connectivity index (χ3v) is 4.17. The maximum atomic E-state index is 12.2. The second-order valence-corrected chi connectivity index (χ2v) is 6.14. The first-order valence-corrected chi connectivity index (χ1v) is 7.91. The smallest absolute Gasteiger partial charge is 0.246 e. The molecule has 0 N–H and O–H groups in total. The summed E-state index contributed by atoms with van der Waals surface area (Å²) in [6.07, 6.45) is 4.12. The van der Waals surface area contributed by atoms with Crippen molar-refractivity contribution in [2.75, 3.05) is 26.7 Å². The van der Waals surface area contributed by atoms with Gasteiger partial charge in [0.05, 0.1) is 6.54 Å². The van der Waals surface area contributed by atoms with Crippen molar-refractivity contribution < 1.29 is 9.59 Å². The van der Waals surface area contributed by atoms with Crippen LogP contribution in [0, 0.1) is 0 Å². The Bertz CT molecular complexity index is 625. The first kappa shape index (κ1) is 16.5. The predicted molar refractivity (Wildman–Crippen MR) is 91.2 cm³/mol. The molecule has 0 spiro atoms. The van der Waals surface area contributed by atoms with Gasteiger partial charge in [0.1, 0.15) is 0 Å². The quantitative estimate of drug-likeness (QED) is 0.772. The number of nitrogens with zero attached hydrogens (tertiary/aromatic N) is 2. The molecule has 4 nitrogen and oxygen atoms in total. The van der Waals surface area contributed by atoms with Crippen LogP contribution in [0.25, 0.3) is 5.57 Å². The molecule has 0 aromatic heterocycles. The van der Waals surface area contributed by atoms with E-state index in [0.29, 0.717) is 13.1 Å². The van der Waals surface area contributed by atoms with Gasteiger partial charge in [-0.05, 0) is 35.8 Å². The molecule has 2 amide bonds. The zero-order chi connectivity index (χ0) is 16.1. The molecule has 1 aromatic carbocycles. The first-order valence-electron chi connectivity index (χ1n) is 7.11. The van der Waals surface area contributed by atoms with Crippen LogP contribution >= 0.6 is 15.9 Å². The van der Waals surface area contributed by atoms with Gasteiger partial charge >= 0.3 is 0 Å². The number of hydrogen-bond donors (Lipinski definition) is 0. The summed E-state index contributed by atoms with van der Waals surface area (Å²) in [6, 6.07) is 8.16. The molecule has 1 aromatic rings. The molecular weight excluding hydrogens is 344 g/mol. The number of amides is 2. The van der Waals surface area contributed by atoms with E-state index in [0.717, 1.165) is 10.9 Å². The SMILES string of the molecule is C=CC(=O)N(C)CC(=O)N1CC=C(c2cccc(Br)c2)CC1. The summed E-state index contributed by atoms with van der Waals surface area (Å²) in [5.74, 6) is -0.280. The minimum atomic E-state index is -0.240. The van der Waals surface area contributed by atoms with E-state index in [1.807, 2.05) is 12.1 Å². The fourth-order valence-electron chi connectivity index (χ4n) is 2.38. The second-order valence-electron chi connectivity index (χ2n) is 5.23. The van der Waals surface area contributed by atoms with Gasteiger partial charge < -0.3 is 9.80 Å². The summed E-state index contributed by atoms with van der Waals surface area (Å²) in [5.41, 5.74) is 2.43. The first-order chi connectivity index (χ1) is 10.5. The largest absolute Gasteiger partial charge is 0.337 e. The van der Waals surface area contributed by atoms with Gasteiger partial charge in [0.15, 0.2) is 0 Å². The van der Waals surface area contributed by atoms with Crippen LogP contribution in [0.4, 0.5) is 0 Å². The number of likely N-dealkylation sites (N-methyl/N-ethyl adjacent to an activating group) is 1. The van der Waals surface area contributed by atoms with Gasteiger partial charge in [0, 0.05) is 24.6 Å². The fourth-order valence-corrected chi connectivity index (χ4v) is 2.78. The molecule has 1 heterocycles. The monoisotopic (exact) mass is 362 g/mol. The van der Waals surface area contributed by atoms with Gasteiger partial charge in [-0.2, -0.15) is 0 Å². The minimum Gasteiger partial charge on any atom is -0.337 e. The Hall–Kier alpha value is -1.88. The summed E-state index contributed by atoms with van der Waals surface area (Å²) in [6.45, 7) is 4.76. The highest BCUT2D eigenvalue weighted by Crippen LogP contribution is 2.24. The molecule has 0 saturated heterocycles. The van der Waals surface area contributed by atoms with E-state index in [1.165, 1.54) is 22.1 Å². The predicted octanol–water partition coefficient (Wildman–Crippen LogP) is 2.71. The van der Waals surface area contributed by atoms with Crippen LogP contribution < -0.4 is 0 Å². The molecule has 0 atom stereocenters. The van der Waals surface area contributed by atoms with E-state index in [9.17, 15) is 9.59 Å². The molecule has 2 rings (SSSR count). The van der Waals surface area contributed by atoms with Crippen LogP contribution in [0.5, 0.6) is 0 Å². The molecule has 116 valence electrons. The van der Waals surface area contributed by atoms with E-state index >= 15 is 0 Å². The fraction of sp³-hybridized carbons (Fsp3) is 0.294. The third-order valence-electron chi connectivity index (χ3n) is 3.68. The van der Waals surface area contributed by atoms with Crippen LogP contribution in [0.2, 0.25) is 0 Å². The van der Waals surface area contributed by atoms with E-state index in [1.54, 1.807) is 11.9 Å². The Morgan fingerprint density at radius 3 is 2.82 bits per heavy atom. The molecule has 0 unspecified atom stereocenters. The van der Waals surface area contributed by atoms with Crippen LogP contribution in [0.15, 0.2) is 47.5 Å². The molecule has 22 heavy (non-hydrogen) atoms. The molecular formula is C17H19BrN2O2. The summed E-state index contributed by atoms with van der Waals surface area (Å²) in [7, 11) is 1.61. The van der Waals surface area contributed by atoms with E-state index in [-0.39, 0.29) is 18.4 Å². The normalized spacial score (nSPS) is 14.3. The lowest BCUT2D eigenvalue weighted by Crippen LogP contribution is -2.42. The standard InChI is InChI=1S/C17H19BrN2O2/c1-3-16(21)19(2)12-17(22)20-9-7-13(8-10-20)14-5-4-6-15(18)11-14/h3-7,11H,1,8-10,12H2,2H3. The van der Waals surface area contributed by atoms with Gasteiger partial charge in [-0.1, -0.05) is 40.7 Å². The summed E-state index contributed by atoms with van der Waals surface area (Å²) in [5, 5.41) is 0. The Kier molecular flexibility index (Phi) is 5.55. The highest BCUT2D eigenvalue weighted by molar-refractivity contribution is 9.10. The number of carbonyl (C=O) groups excluding carboxylic acids is 2. The minimum absolute atomic E-state index is 0.0396. The van der Waals surface area contributed by atoms with Crippen molar-refractivity contribution in [1.82, 2.24) is 9.80 Å². The lowest BCUT2D eigenvalue weighted by atomic mass is 9.99. The van der Waals surface area contributed by atoms with Crippen molar-refractivity contribution in [1.29, 1.82) is 0 Å². The Balaban J connectivity index is 1.97. The van der Waals surface area contributed by atoms with Crippen molar-refractivity contribution in [3.8, 4) is 0 Å². The van der Waals surface area contributed by atoms with E-state index in [4.69, 9.17) is 0 Å². The van der Waals surface area contributed by atoms with E-state index < -0.39 is 0 Å². The summed E-state index contributed by atoms with van der Waals surface area (Å²) >= 11 is 3.47. The topological polar surface area (TPSA) is 40.6 Å². The highest BCUT2D eigenvalue weighted by Gasteiger charge is 2.20. The van der Waals surface area contributed by atoms with Crippen LogP contribution in [-0.2, 0) is 9.59 Å². The molecule has 1 aliphatic rings. The van der Waals surface area contributed by atoms with Crippen LogP contribution in [0.3, 0.4) is 0 Å². The average Bonchev–Trinajstić information content (AvgIpc) is 2.54. The van der Waals surface area contributed by atoms with Gasteiger partial charge in [-0.25, -0.2) is 0 Å². The molecule has 0 fully saturated rings. The zero-order valence-corrected chi connectivity index (χ0v) is 14.2. The second kappa shape index (κ2) is 7.40. The highest BCUT2D eigenvalue weighted by atomic mass is 79.9. The zero-order valence-electron chi connectivity index (χ0n) is 12.6. The molecule has 0 bridgehead atoms. The third kappa shape index (κ3) is 4.07. The number of halogens is 1. The number of carbonyl (C=O) groups is 2. The Morgan fingerprint density at radius 2 is 2.23 bits per heavy atom. The van der Waals surface area contributed by atoms with Gasteiger partial charge in [0.25, 0.3) is 0 Å². The van der Waals surface area contributed by atoms with Crippen LogP contribution in [-0.4, -0.2) is 48.3 Å². The summed E-state index contributed by atoms with van der Waals surface area (Å²) in [4.78, 5) is 26.8. The molecule has 1 aliphatic heterocycles. The van der Waals surface area contributed by atoms with Crippen LogP contribution in [0.1, 0.15) is 12.0 Å². The number of benzene rings is 1. The van der Waals surface area contributed by atoms with Crippen molar-refractivity contribution in [2.45, 2.75) is 6.42 Å². The lowest BCUT2D eigenvalue weighted by molar-refractivity contribution is -0.136. The van der Waals surface area contributed by atoms with Crippen molar-refractivity contribution >= 4 is 33.3 Å². The summed E-state index contributed by atoms with van der Waals surface area (Å²) < 4.78 is 1.05. The molecule has 0 saturated carbocycles. The maximum Gasteiger partial charge on any atom is 0.246 e.